The first-order valence-electron chi connectivity index (χ1n) is 1.94. The number of carbonyl (C=O) groups excluding carboxylic acids is 1. The summed E-state index contributed by atoms with van der Waals surface area (Å²) in [5, 5.41) is 0. The Hall–Kier alpha value is -0.263. The Morgan fingerprint density at radius 2 is 1.11 bits per heavy atom. The van der Waals surface area contributed by atoms with Gasteiger partial charge in [0.15, 0.2) is 6.79 Å². The molecule has 0 rings (SSSR count). The molecule has 9 heavy (non-hydrogen) atoms. The first-order valence-corrected chi connectivity index (χ1v) is 5.35. The lowest BCUT2D eigenvalue weighted by atomic mass is 11.8. The molecule has 0 amide bonds. The lowest BCUT2D eigenvalue weighted by molar-refractivity contribution is 0.436. The fourth-order valence-electron chi connectivity index (χ4n) is 0. The van der Waals surface area contributed by atoms with E-state index in [4.69, 9.17) is 4.79 Å². The molecule has 0 aliphatic rings. The molecule has 3 nitrogen and oxygen atoms in total. The molecule has 0 saturated carbocycles. The van der Waals surface area contributed by atoms with Crippen molar-refractivity contribution in [1.82, 2.24) is 0 Å². The third kappa shape index (κ3) is 3680. The van der Waals surface area contributed by atoms with Crippen LogP contribution in [0.25, 0.3) is 0 Å². The summed E-state index contributed by atoms with van der Waals surface area (Å²) < 4.78 is 0. The maximum absolute atomic E-state index is 10.2. The Bertz CT molecular complexity index is 39.6. The van der Waals surface area contributed by atoms with E-state index in [2.05, 4.69) is 6.79 Å². The fourth-order valence-corrected chi connectivity index (χ4v) is 0. The van der Waals surface area contributed by atoms with Gasteiger partial charge in [-0.25, -0.2) is 0 Å². The molecule has 0 aromatic heterocycles. The van der Waals surface area contributed by atoms with Crippen LogP contribution in [0.15, 0.2) is 0 Å². The highest BCUT2D eigenvalue weighted by atomic mass is 28.4. The average molecular weight is 155 g/mol. The van der Waals surface area contributed by atoms with Gasteiger partial charge >= 0.3 is 0 Å². The van der Waals surface area contributed by atoms with E-state index in [1.807, 2.05) is 0 Å². The minimum Gasteiger partial charge on any atom is -0.298 e. The molecule has 0 saturated heterocycles. The number of rotatable bonds is 0. The van der Waals surface area contributed by atoms with E-state index in [1.54, 1.807) is 19.6 Å². The zero-order valence-corrected chi connectivity index (χ0v) is 6.75. The number of hydrogen-bond donors (Lipinski definition) is 1. The van der Waals surface area contributed by atoms with E-state index in [9.17, 15) is 4.80 Å². The minimum absolute atomic E-state index is 0. The molecule has 57 valence electrons. The Labute approximate surface area is 55.5 Å². The molecule has 0 spiro atoms. The highest BCUT2D eigenvalue weighted by Gasteiger charge is 2.07. The summed E-state index contributed by atoms with van der Waals surface area (Å²) in [6.07, 6.45) is 0. The molecule has 0 atom stereocenters. The Kier molecular flexibility index (Phi) is 27.6. The van der Waals surface area contributed by atoms with Crippen LogP contribution in [0.4, 0.5) is 4.70 Å². The second-order valence-corrected chi connectivity index (χ2v) is 6.34. The van der Waals surface area contributed by atoms with Crippen LogP contribution in [-0.2, 0) is 9.59 Å². The lowest BCUT2D eigenvalue weighted by Gasteiger charge is -1.95. The van der Waals surface area contributed by atoms with Crippen LogP contribution in [-0.4, -0.2) is 20.6 Å². The summed E-state index contributed by atoms with van der Waals surface area (Å²) in [5.41, 5.74) is 0. The molecule has 0 aromatic rings. The van der Waals surface area contributed by atoms with E-state index in [-0.39, 0.29) is 10.2 Å². The van der Waals surface area contributed by atoms with E-state index >= 15 is 0 Å². The highest BCUT2D eigenvalue weighted by molar-refractivity contribution is 6.68. The molecule has 0 heterocycles. The van der Waals surface area contributed by atoms with Crippen molar-refractivity contribution < 1.29 is 19.8 Å². The zero-order chi connectivity index (χ0) is 6.50. The van der Waals surface area contributed by atoms with Crippen molar-refractivity contribution in [3.8, 4) is 0 Å². The van der Waals surface area contributed by atoms with Crippen LogP contribution < -0.4 is 0 Å². The van der Waals surface area contributed by atoms with Crippen molar-refractivity contribution in [2.45, 2.75) is 19.6 Å². The van der Waals surface area contributed by atoms with E-state index < -0.39 is 8.32 Å². The van der Waals surface area contributed by atoms with Crippen molar-refractivity contribution in [3.63, 3.8) is 0 Å². The topological polar surface area (TPSA) is 67.0 Å². The van der Waals surface area contributed by atoms with Crippen LogP contribution in [0.3, 0.4) is 0 Å². The summed E-state index contributed by atoms with van der Waals surface area (Å²) in [7, 11) is -1.86. The third-order valence-corrected chi connectivity index (χ3v) is 0. The summed E-state index contributed by atoms with van der Waals surface area (Å²) in [4.78, 5) is 18.0. The van der Waals surface area contributed by atoms with Crippen molar-refractivity contribution in [2.24, 2.45) is 0 Å². The smallest absolute Gasteiger partial charge is 0.228 e. The molecule has 3 radical (unpaired) electrons. The summed E-state index contributed by atoms with van der Waals surface area (Å²) in [5.74, 6) is 0. The first kappa shape index (κ1) is 23.3. The molecular weight excluding hydrogens is 143 g/mol. The van der Waals surface area contributed by atoms with Gasteiger partial charge in [0.25, 0.3) is 0 Å². The van der Waals surface area contributed by atoms with Crippen LogP contribution >= 0.6 is 0 Å². The van der Waals surface area contributed by atoms with Gasteiger partial charge < -0.3 is 0 Å². The Morgan fingerprint density at radius 3 is 1.11 bits per heavy atom. The van der Waals surface area contributed by atoms with Gasteiger partial charge in [-0.3, -0.25) is 19.8 Å². The molecule has 0 aliphatic carbocycles. The van der Waals surface area contributed by atoms with Gasteiger partial charge in [0.05, 0.1) is 0 Å². The Balaban J connectivity index is -0.0000000286. The molecule has 0 aliphatic heterocycles. The SMILES string of the molecule is C[Si](C)(C)[O].F.[CH]=O.[OH]. The fraction of sp³-hybridized carbons (Fsp3) is 0.750. The van der Waals surface area contributed by atoms with Gasteiger partial charge in [-0.1, -0.05) is 0 Å². The van der Waals surface area contributed by atoms with Crippen molar-refractivity contribution in [2.75, 3.05) is 0 Å². The van der Waals surface area contributed by atoms with Gasteiger partial charge in [0.2, 0.25) is 8.32 Å². The minimum atomic E-state index is -1.86. The molecule has 1 N–H and O–H groups in total. The quantitative estimate of drug-likeness (QED) is 0.411. The maximum atomic E-state index is 10.2. The van der Waals surface area contributed by atoms with Crippen molar-refractivity contribution >= 4 is 15.1 Å². The van der Waals surface area contributed by atoms with Gasteiger partial charge in [-0.05, 0) is 19.6 Å². The van der Waals surface area contributed by atoms with Gasteiger partial charge in [0.1, 0.15) is 0 Å². The first-order chi connectivity index (χ1) is 3.00. The van der Waals surface area contributed by atoms with E-state index in [1.165, 1.54) is 0 Å². The normalized spacial score (nSPS) is 7.11. The third-order valence-electron chi connectivity index (χ3n) is 0. The summed E-state index contributed by atoms with van der Waals surface area (Å²) >= 11 is 0. The second kappa shape index (κ2) is 10.7. The molecule has 0 unspecified atom stereocenters. The van der Waals surface area contributed by atoms with Crippen LogP contribution in [0.5, 0.6) is 0 Å². The van der Waals surface area contributed by atoms with Crippen LogP contribution in [0.1, 0.15) is 0 Å². The van der Waals surface area contributed by atoms with Gasteiger partial charge in [-0.15, -0.1) is 0 Å². The summed E-state index contributed by atoms with van der Waals surface area (Å²) in [6.45, 7) is 8.56. The predicted octanol–water partition coefficient (Wildman–Crippen LogP) is 0.953. The maximum Gasteiger partial charge on any atom is 0.228 e. The second-order valence-electron chi connectivity index (χ2n) is 2.11. The highest BCUT2D eigenvalue weighted by Crippen LogP contribution is 1.90. The van der Waals surface area contributed by atoms with Crippen molar-refractivity contribution in [3.05, 3.63) is 0 Å². The lowest BCUT2D eigenvalue weighted by Crippen LogP contribution is -2.14. The average Bonchev–Trinajstić information content (AvgIpc) is 1.36. The number of halogens is 1. The van der Waals surface area contributed by atoms with E-state index in [0.717, 1.165) is 0 Å². The number of hydrogen-bond acceptors (Lipinski definition) is 1. The predicted molar refractivity (Wildman–Crippen MR) is 35.2 cm³/mol. The molecule has 0 aromatic carbocycles. The molecule has 0 bridgehead atoms. The largest absolute Gasteiger partial charge is 0.298 e. The van der Waals surface area contributed by atoms with Gasteiger partial charge in [0, 0.05) is 0 Å². The van der Waals surface area contributed by atoms with Crippen molar-refractivity contribution in [1.29, 1.82) is 0 Å². The Morgan fingerprint density at radius 1 is 1.11 bits per heavy atom. The van der Waals surface area contributed by atoms with Crippen LogP contribution in [0, 0.1) is 0 Å². The monoisotopic (exact) mass is 155 g/mol. The van der Waals surface area contributed by atoms with Crippen LogP contribution in [0.2, 0.25) is 19.6 Å². The molecule has 5 heteroatoms. The van der Waals surface area contributed by atoms with E-state index in [0.29, 0.717) is 0 Å². The standard InChI is InChI=1S/C3H9OSi.CHO.FH.HO/c1-5(2,3)4;1-2;;/h1-3H3;1H;2*1H. The van der Waals surface area contributed by atoms with Gasteiger partial charge in [-0.2, -0.15) is 0 Å². The molecular formula is C4H12FO3Si. The molecule has 0 fully saturated rings. The summed E-state index contributed by atoms with van der Waals surface area (Å²) in [6, 6.07) is 0. The zero-order valence-electron chi connectivity index (χ0n) is 5.75.